The van der Waals surface area contributed by atoms with Crippen LogP contribution in [0.4, 0.5) is 5.13 Å². The van der Waals surface area contributed by atoms with E-state index < -0.39 is 34.6 Å². The zero-order valence-electron chi connectivity index (χ0n) is 18.0. The molecule has 2 saturated heterocycles. The number of aliphatic carboxylic acids is 1. The van der Waals surface area contributed by atoms with E-state index in [9.17, 15) is 19.5 Å². The number of nitriles is 1. The molecule has 3 atom stereocenters. The zero-order chi connectivity index (χ0) is 25.2. The molecule has 18 heteroatoms. The standard InChI is InChI=1S/C17H18N10O5S3/c1-26-16(22-24-25-26)35-7-17(14(30)31)5-27-12(29)10(13(27)34-6-17)21-11(28)9(23-32-3-2-18)8-4-33-15(19)20-8/h4,10,13H,3,5-7H2,1H3,(H2,19,20)(H,21,28)(H,30,31)/t10?,13-,17?/m1/s1. The third-order valence-corrected chi connectivity index (χ3v) is 8.77. The van der Waals surface area contributed by atoms with Crippen LogP contribution >= 0.6 is 34.9 Å². The summed E-state index contributed by atoms with van der Waals surface area (Å²) in [5.74, 6) is -1.79. The number of anilines is 1. The molecule has 0 spiro atoms. The van der Waals surface area contributed by atoms with Gasteiger partial charge in [-0.05, 0) is 10.4 Å². The lowest BCUT2D eigenvalue weighted by atomic mass is 9.89. The van der Waals surface area contributed by atoms with Crippen molar-refractivity contribution in [1.82, 2.24) is 35.4 Å². The Morgan fingerprint density at radius 3 is 2.97 bits per heavy atom. The number of carbonyl (C=O) groups excluding carboxylic acids is 2. The number of carboxylic acids is 1. The molecule has 4 heterocycles. The number of β-lactam (4-membered cyclic amide) rings is 1. The van der Waals surface area contributed by atoms with Crippen molar-refractivity contribution in [2.45, 2.75) is 16.6 Å². The van der Waals surface area contributed by atoms with Crippen LogP contribution in [0.1, 0.15) is 5.69 Å². The first-order valence-corrected chi connectivity index (χ1v) is 12.8. The summed E-state index contributed by atoms with van der Waals surface area (Å²) < 4.78 is 1.44. The number of hydrogen-bond donors (Lipinski definition) is 3. The Hall–Kier alpha value is -3.43. The van der Waals surface area contributed by atoms with Crippen molar-refractivity contribution in [2.75, 3.05) is 30.4 Å². The molecule has 0 aliphatic carbocycles. The molecule has 4 N–H and O–H groups in total. The van der Waals surface area contributed by atoms with Crippen LogP contribution in [0.15, 0.2) is 15.7 Å². The number of tetrazole rings is 1. The van der Waals surface area contributed by atoms with Crippen molar-refractivity contribution >= 4 is 63.5 Å². The topological polar surface area (TPSA) is 215 Å². The zero-order valence-corrected chi connectivity index (χ0v) is 20.5. The van der Waals surface area contributed by atoms with Crippen LogP contribution in [0, 0.1) is 16.7 Å². The second-order valence-corrected chi connectivity index (χ2v) is 10.5. The molecular formula is C17H18N10O5S3. The number of amides is 2. The van der Waals surface area contributed by atoms with Crippen molar-refractivity contribution in [3.05, 3.63) is 11.1 Å². The molecule has 2 fully saturated rings. The number of thioether (sulfide) groups is 2. The van der Waals surface area contributed by atoms with Crippen LogP contribution in [0.2, 0.25) is 0 Å². The number of aryl methyl sites for hydroxylation is 1. The van der Waals surface area contributed by atoms with E-state index in [-0.39, 0.29) is 41.2 Å². The summed E-state index contributed by atoms with van der Waals surface area (Å²) in [6.45, 7) is -0.400. The first-order valence-electron chi connectivity index (χ1n) is 9.85. The highest BCUT2D eigenvalue weighted by Gasteiger charge is 2.57. The Balaban J connectivity index is 1.43. The highest BCUT2D eigenvalue weighted by molar-refractivity contribution is 8.00. The lowest BCUT2D eigenvalue weighted by molar-refractivity contribution is -0.157. The molecule has 0 radical (unpaired) electrons. The number of aromatic nitrogens is 5. The number of carboxylic acid groups (broad SMARTS) is 1. The van der Waals surface area contributed by atoms with E-state index in [1.807, 2.05) is 0 Å². The van der Waals surface area contributed by atoms with Gasteiger partial charge in [0, 0.05) is 30.5 Å². The van der Waals surface area contributed by atoms with Gasteiger partial charge in [-0.1, -0.05) is 16.9 Å². The summed E-state index contributed by atoms with van der Waals surface area (Å²) in [7, 11) is 1.65. The van der Waals surface area contributed by atoms with Crippen molar-refractivity contribution < 1.29 is 24.3 Å². The van der Waals surface area contributed by atoms with Crippen molar-refractivity contribution in [3.63, 3.8) is 0 Å². The molecule has 2 aliphatic heterocycles. The molecule has 2 unspecified atom stereocenters. The van der Waals surface area contributed by atoms with Crippen LogP contribution in [-0.4, -0.2) is 94.8 Å². The molecule has 2 amide bonds. The minimum Gasteiger partial charge on any atom is -0.481 e. The molecule has 4 rings (SSSR count). The molecule has 2 aromatic heterocycles. The molecule has 2 aliphatic rings. The third-order valence-electron chi connectivity index (χ3n) is 5.21. The van der Waals surface area contributed by atoms with Crippen molar-refractivity contribution in [3.8, 4) is 6.07 Å². The Morgan fingerprint density at radius 2 is 2.34 bits per heavy atom. The average Bonchev–Trinajstić information content (AvgIpc) is 3.46. The maximum Gasteiger partial charge on any atom is 0.313 e. The highest BCUT2D eigenvalue weighted by Crippen LogP contribution is 2.44. The number of fused-ring (bicyclic) bond motifs is 1. The summed E-state index contributed by atoms with van der Waals surface area (Å²) in [6.07, 6.45) is 0. The van der Waals surface area contributed by atoms with E-state index in [0.29, 0.717) is 5.16 Å². The van der Waals surface area contributed by atoms with Crippen molar-refractivity contribution in [2.24, 2.45) is 17.6 Å². The minimum atomic E-state index is -1.21. The van der Waals surface area contributed by atoms with E-state index in [2.05, 4.69) is 31.0 Å². The van der Waals surface area contributed by atoms with Gasteiger partial charge >= 0.3 is 5.97 Å². The monoisotopic (exact) mass is 538 g/mol. The van der Waals surface area contributed by atoms with E-state index in [1.54, 1.807) is 13.1 Å². The first kappa shape index (κ1) is 24.7. The number of nitrogen functional groups attached to an aromatic ring is 1. The fraction of sp³-hybridized carbons (Fsp3) is 0.471. The van der Waals surface area contributed by atoms with E-state index in [1.165, 1.54) is 38.5 Å². The van der Waals surface area contributed by atoms with E-state index >= 15 is 0 Å². The van der Waals surface area contributed by atoms with Crippen LogP contribution in [0.3, 0.4) is 0 Å². The summed E-state index contributed by atoms with van der Waals surface area (Å²) in [5, 5.41) is 37.7. The van der Waals surface area contributed by atoms with Gasteiger partial charge in [0.2, 0.25) is 17.7 Å². The number of nitrogens with zero attached hydrogens (tertiary/aromatic N) is 8. The Morgan fingerprint density at radius 1 is 1.54 bits per heavy atom. The number of hydrogen-bond acceptors (Lipinski definition) is 14. The summed E-state index contributed by atoms with van der Waals surface area (Å²) in [6, 6.07) is 0.853. The summed E-state index contributed by atoms with van der Waals surface area (Å²) in [4.78, 5) is 48.2. The smallest absolute Gasteiger partial charge is 0.313 e. The molecule has 0 saturated carbocycles. The normalized spacial score (nSPS) is 23.7. The number of nitrogens with two attached hydrogens (primary N) is 1. The van der Waals surface area contributed by atoms with Gasteiger partial charge in [-0.15, -0.1) is 28.2 Å². The molecule has 0 bridgehead atoms. The van der Waals surface area contributed by atoms with Crippen LogP contribution < -0.4 is 11.1 Å². The second kappa shape index (κ2) is 10.1. The highest BCUT2D eigenvalue weighted by atomic mass is 32.2. The van der Waals surface area contributed by atoms with Gasteiger partial charge in [0.15, 0.2) is 10.8 Å². The van der Waals surface area contributed by atoms with Crippen molar-refractivity contribution in [1.29, 1.82) is 5.26 Å². The quantitative estimate of drug-likeness (QED) is 0.112. The Kier molecular flexibility index (Phi) is 7.09. The number of thiazole rings is 1. The maximum absolute atomic E-state index is 12.9. The third kappa shape index (κ3) is 4.87. The lowest BCUT2D eigenvalue weighted by Gasteiger charge is -2.53. The molecular weight excluding hydrogens is 520 g/mol. The fourth-order valence-electron chi connectivity index (χ4n) is 3.39. The predicted octanol–water partition coefficient (Wildman–Crippen LogP) is -1.24. The SMILES string of the molecule is Cn1nnnc1SCC1(C(=O)O)CS[C@@H]2C(NC(=O)C(=NOCC#N)c3csc(N)n3)C(=O)N2C1. The van der Waals surface area contributed by atoms with E-state index in [0.717, 1.165) is 11.3 Å². The largest absolute Gasteiger partial charge is 0.481 e. The molecule has 0 aromatic carbocycles. The molecule has 35 heavy (non-hydrogen) atoms. The number of nitrogens with one attached hydrogen (secondary N) is 1. The Bertz CT molecular complexity index is 1230. The molecule has 15 nitrogen and oxygen atoms in total. The lowest BCUT2D eigenvalue weighted by Crippen LogP contribution is -2.74. The van der Waals surface area contributed by atoms with Crippen LogP contribution in [0.5, 0.6) is 0 Å². The number of rotatable bonds is 9. The fourth-order valence-corrected chi connectivity index (χ4v) is 6.65. The maximum atomic E-state index is 12.9. The van der Waals surface area contributed by atoms with Gasteiger partial charge in [0.05, 0.1) is 0 Å². The van der Waals surface area contributed by atoms with E-state index in [4.69, 9.17) is 15.8 Å². The van der Waals surface area contributed by atoms with Gasteiger partial charge in [-0.2, -0.15) is 5.26 Å². The van der Waals surface area contributed by atoms with Crippen LogP contribution in [-0.2, 0) is 26.3 Å². The summed E-state index contributed by atoms with van der Waals surface area (Å²) in [5.41, 5.74) is 4.34. The minimum absolute atomic E-state index is 0.0155. The molecule has 184 valence electrons. The Labute approximate surface area is 210 Å². The van der Waals surface area contributed by atoms with Gasteiger partial charge in [0.25, 0.3) is 5.91 Å². The molecule has 2 aromatic rings. The number of carbonyl (C=O) groups is 3. The van der Waals surface area contributed by atoms with Gasteiger partial charge < -0.3 is 25.9 Å². The van der Waals surface area contributed by atoms with Crippen LogP contribution in [0.25, 0.3) is 0 Å². The predicted molar refractivity (Wildman–Crippen MR) is 124 cm³/mol. The second-order valence-electron chi connectivity index (χ2n) is 7.52. The van der Waals surface area contributed by atoms with Gasteiger partial charge in [-0.3, -0.25) is 14.4 Å². The number of oxime groups is 1. The summed E-state index contributed by atoms with van der Waals surface area (Å²) >= 11 is 3.55. The van der Waals surface area contributed by atoms with Gasteiger partial charge in [0.1, 0.15) is 28.6 Å². The van der Waals surface area contributed by atoms with Gasteiger partial charge in [-0.25, -0.2) is 9.67 Å². The average molecular weight is 539 g/mol. The first-order chi connectivity index (χ1) is 16.8.